The predicted octanol–water partition coefficient (Wildman–Crippen LogP) is 1.44. The molecular formula is C16H16N4O2. The molecule has 22 heavy (non-hydrogen) atoms. The van der Waals surface area contributed by atoms with Crippen LogP contribution in [0.1, 0.15) is 12.5 Å². The van der Waals surface area contributed by atoms with Gasteiger partial charge in [0.05, 0.1) is 5.70 Å². The molecule has 6 nitrogen and oxygen atoms in total. The van der Waals surface area contributed by atoms with E-state index in [9.17, 15) is 9.59 Å². The van der Waals surface area contributed by atoms with Crippen molar-refractivity contribution in [3.63, 3.8) is 0 Å². The van der Waals surface area contributed by atoms with Crippen LogP contribution in [0, 0.1) is 0 Å². The molecule has 0 saturated carbocycles. The molecule has 3 aromatic rings. The van der Waals surface area contributed by atoms with Crippen LogP contribution >= 0.6 is 0 Å². The van der Waals surface area contributed by atoms with Gasteiger partial charge in [-0.05, 0) is 12.5 Å². The molecule has 2 aromatic heterocycles. The summed E-state index contributed by atoms with van der Waals surface area (Å²) in [6, 6.07) is 9.56. The molecule has 0 amide bonds. The van der Waals surface area contributed by atoms with E-state index in [0.29, 0.717) is 23.3 Å². The van der Waals surface area contributed by atoms with Crippen molar-refractivity contribution in [3.8, 4) is 0 Å². The topological polar surface area (TPSA) is 61.8 Å². The van der Waals surface area contributed by atoms with Crippen molar-refractivity contribution in [1.29, 1.82) is 0 Å². The second-order valence-electron chi connectivity index (χ2n) is 5.01. The van der Waals surface area contributed by atoms with Crippen molar-refractivity contribution in [2.75, 3.05) is 0 Å². The van der Waals surface area contributed by atoms with Gasteiger partial charge in [-0.25, -0.2) is 9.48 Å². The molecule has 6 heteroatoms. The quantitative estimate of drug-likeness (QED) is 0.734. The van der Waals surface area contributed by atoms with Crippen LogP contribution in [0.4, 0.5) is 0 Å². The van der Waals surface area contributed by atoms with Crippen molar-refractivity contribution in [1.82, 2.24) is 18.9 Å². The Kier molecular flexibility index (Phi) is 3.29. The second-order valence-corrected chi connectivity index (χ2v) is 5.01. The fraction of sp³-hybridized carbons (Fsp3) is 0.188. The third-order valence-corrected chi connectivity index (χ3v) is 3.71. The first kappa shape index (κ1) is 14.1. The molecule has 0 saturated heterocycles. The Balaban J connectivity index is 2.25. The first-order valence-electron chi connectivity index (χ1n) is 6.98. The molecule has 1 aromatic carbocycles. The Morgan fingerprint density at radius 3 is 2.55 bits per heavy atom. The van der Waals surface area contributed by atoms with E-state index in [-0.39, 0.29) is 11.2 Å². The molecule has 0 atom stereocenters. The molecule has 112 valence electrons. The monoisotopic (exact) mass is 296 g/mol. The molecule has 0 fully saturated rings. The SMILES string of the molecule is C=C(c1ccccc1)n1cc2c(=O)n(CC)c(=O)n(C)c2n1. The van der Waals surface area contributed by atoms with Crippen LogP contribution in [0.2, 0.25) is 0 Å². The van der Waals surface area contributed by atoms with Crippen molar-refractivity contribution in [3.05, 3.63) is 69.5 Å². The highest BCUT2D eigenvalue weighted by Gasteiger charge is 2.14. The molecule has 0 spiro atoms. The number of benzene rings is 1. The first-order chi connectivity index (χ1) is 10.5. The van der Waals surface area contributed by atoms with Crippen LogP contribution in [0.3, 0.4) is 0 Å². The highest BCUT2D eigenvalue weighted by Crippen LogP contribution is 2.16. The molecule has 0 bridgehead atoms. The molecule has 0 radical (unpaired) electrons. The first-order valence-corrected chi connectivity index (χ1v) is 6.98. The van der Waals surface area contributed by atoms with E-state index < -0.39 is 0 Å². The number of aryl methyl sites for hydroxylation is 1. The molecule has 0 aliphatic rings. The summed E-state index contributed by atoms with van der Waals surface area (Å²) in [7, 11) is 1.61. The van der Waals surface area contributed by atoms with Crippen molar-refractivity contribution in [2.24, 2.45) is 7.05 Å². The number of hydrogen-bond donors (Lipinski definition) is 0. The number of nitrogens with zero attached hydrogens (tertiary/aromatic N) is 4. The number of fused-ring (bicyclic) bond motifs is 1. The molecule has 0 aliphatic heterocycles. The average molecular weight is 296 g/mol. The van der Waals surface area contributed by atoms with E-state index >= 15 is 0 Å². The molecule has 0 N–H and O–H groups in total. The van der Waals surface area contributed by atoms with Gasteiger partial charge in [0.15, 0.2) is 5.65 Å². The van der Waals surface area contributed by atoms with Gasteiger partial charge in [0.25, 0.3) is 5.56 Å². The lowest BCUT2D eigenvalue weighted by molar-refractivity contribution is 0.637. The number of rotatable bonds is 3. The van der Waals surface area contributed by atoms with Gasteiger partial charge in [-0.3, -0.25) is 13.9 Å². The summed E-state index contributed by atoms with van der Waals surface area (Å²) in [4.78, 5) is 24.5. The molecule has 3 rings (SSSR count). The maximum absolute atomic E-state index is 12.4. The summed E-state index contributed by atoms with van der Waals surface area (Å²) in [6.07, 6.45) is 1.62. The lowest BCUT2D eigenvalue weighted by Crippen LogP contribution is -2.38. The van der Waals surface area contributed by atoms with E-state index in [2.05, 4.69) is 11.7 Å². The minimum Gasteiger partial charge on any atom is -0.279 e. The third kappa shape index (κ3) is 2.00. The number of aromatic nitrogens is 4. The average Bonchev–Trinajstić information content (AvgIpc) is 2.99. The van der Waals surface area contributed by atoms with Crippen LogP contribution in [-0.4, -0.2) is 18.9 Å². The Morgan fingerprint density at radius 2 is 1.91 bits per heavy atom. The lowest BCUT2D eigenvalue weighted by Gasteiger charge is -2.05. The lowest BCUT2D eigenvalue weighted by atomic mass is 10.2. The fourth-order valence-corrected chi connectivity index (χ4v) is 2.45. The van der Waals surface area contributed by atoms with Gasteiger partial charge in [0.2, 0.25) is 0 Å². The zero-order chi connectivity index (χ0) is 15.9. The highest BCUT2D eigenvalue weighted by molar-refractivity contribution is 5.76. The Hall–Kier alpha value is -2.89. The number of hydrogen-bond acceptors (Lipinski definition) is 3. The van der Waals surface area contributed by atoms with Gasteiger partial charge in [-0.1, -0.05) is 36.9 Å². The Morgan fingerprint density at radius 1 is 1.23 bits per heavy atom. The minimum absolute atomic E-state index is 0.326. The largest absolute Gasteiger partial charge is 0.332 e. The minimum atomic E-state index is -0.365. The predicted molar refractivity (Wildman–Crippen MR) is 85.8 cm³/mol. The molecule has 0 unspecified atom stereocenters. The summed E-state index contributed by atoms with van der Waals surface area (Å²) in [5.74, 6) is 0. The summed E-state index contributed by atoms with van der Waals surface area (Å²) in [5.41, 5.74) is 1.21. The van der Waals surface area contributed by atoms with E-state index in [1.165, 1.54) is 9.13 Å². The van der Waals surface area contributed by atoms with Crippen LogP contribution in [0.25, 0.3) is 16.7 Å². The maximum atomic E-state index is 12.4. The van der Waals surface area contributed by atoms with Crippen LogP contribution in [0.5, 0.6) is 0 Å². The molecule has 2 heterocycles. The summed E-state index contributed by atoms with van der Waals surface area (Å²) in [5, 5.41) is 4.76. The normalized spacial score (nSPS) is 11.0. The zero-order valence-electron chi connectivity index (χ0n) is 12.5. The van der Waals surface area contributed by atoms with Crippen molar-refractivity contribution >= 4 is 16.7 Å². The van der Waals surface area contributed by atoms with Crippen molar-refractivity contribution in [2.45, 2.75) is 13.5 Å². The van der Waals surface area contributed by atoms with Gasteiger partial charge in [-0.15, -0.1) is 5.10 Å². The van der Waals surface area contributed by atoms with Crippen molar-refractivity contribution < 1.29 is 0 Å². The summed E-state index contributed by atoms with van der Waals surface area (Å²) in [6.45, 7) is 6.11. The van der Waals surface area contributed by atoms with Gasteiger partial charge >= 0.3 is 5.69 Å². The van der Waals surface area contributed by atoms with Gasteiger partial charge in [0.1, 0.15) is 5.39 Å². The van der Waals surface area contributed by atoms with E-state index in [4.69, 9.17) is 0 Å². The Labute approximate surface area is 126 Å². The highest BCUT2D eigenvalue weighted by atomic mass is 16.2. The molecule has 0 aliphatic carbocycles. The fourth-order valence-electron chi connectivity index (χ4n) is 2.45. The third-order valence-electron chi connectivity index (χ3n) is 3.71. The summed E-state index contributed by atoms with van der Waals surface area (Å²) < 4.78 is 4.12. The van der Waals surface area contributed by atoms with Crippen LogP contribution < -0.4 is 11.2 Å². The van der Waals surface area contributed by atoms with Gasteiger partial charge in [0, 0.05) is 19.8 Å². The van der Waals surface area contributed by atoms with Gasteiger partial charge in [-0.2, -0.15) is 0 Å². The van der Waals surface area contributed by atoms with E-state index in [1.54, 1.807) is 24.9 Å². The maximum Gasteiger partial charge on any atom is 0.332 e. The zero-order valence-corrected chi connectivity index (χ0v) is 12.5. The smallest absolute Gasteiger partial charge is 0.279 e. The van der Waals surface area contributed by atoms with Crippen LogP contribution in [0.15, 0.2) is 52.7 Å². The summed E-state index contributed by atoms with van der Waals surface area (Å²) >= 11 is 0. The molecular weight excluding hydrogens is 280 g/mol. The Bertz CT molecular complexity index is 977. The van der Waals surface area contributed by atoms with E-state index in [0.717, 1.165) is 5.56 Å². The van der Waals surface area contributed by atoms with Gasteiger partial charge < -0.3 is 0 Å². The second kappa shape index (κ2) is 5.14. The standard InChI is InChI=1S/C16H16N4O2/c1-4-19-15(21)13-10-20(17-14(13)18(3)16(19)22)11(2)12-8-6-5-7-9-12/h5-10H,2,4H2,1,3H3. The van der Waals surface area contributed by atoms with E-state index in [1.807, 2.05) is 30.3 Å². The van der Waals surface area contributed by atoms with Crippen LogP contribution in [-0.2, 0) is 13.6 Å².